The average molecular weight is 560 g/mol. The second-order valence-corrected chi connectivity index (χ2v) is 9.95. The van der Waals surface area contributed by atoms with Gasteiger partial charge in [-0.3, -0.25) is 19.6 Å². The van der Waals surface area contributed by atoms with E-state index >= 15 is 0 Å². The summed E-state index contributed by atoms with van der Waals surface area (Å²) >= 11 is 0. The lowest BCUT2D eigenvalue weighted by molar-refractivity contribution is -0.426. The standard InChI is InChI=1S/C27H28F3N5O5/c1-26(18-34-11-10-31-25(34)40-26)19-38-23-8-4-21(5-9-23)33-14-12-32(13-15-33)17-22(35(36)37)16-20-2-6-24(7-3-20)39-27(28,29)30/h2-11,16H,12-15,17-19H2,1H3/t26-/m1/s1. The smallest absolute Gasteiger partial charge is 0.489 e. The Morgan fingerprint density at radius 2 is 1.77 bits per heavy atom. The van der Waals surface area contributed by atoms with Crippen LogP contribution in [0.15, 0.2) is 66.6 Å². The Labute approximate surface area is 228 Å². The van der Waals surface area contributed by atoms with E-state index in [-0.39, 0.29) is 18.0 Å². The molecule has 0 amide bonds. The van der Waals surface area contributed by atoms with Crippen molar-refractivity contribution in [3.8, 4) is 17.5 Å². The van der Waals surface area contributed by atoms with Crippen molar-refractivity contribution in [2.75, 3.05) is 44.2 Å². The summed E-state index contributed by atoms with van der Waals surface area (Å²) in [5.41, 5.74) is 0.923. The molecule has 0 saturated carbocycles. The first kappa shape index (κ1) is 27.3. The fourth-order valence-electron chi connectivity index (χ4n) is 4.71. The van der Waals surface area contributed by atoms with Crippen molar-refractivity contribution in [3.63, 3.8) is 0 Å². The van der Waals surface area contributed by atoms with E-state index in [0.29, 0.717) is 50.9 Å². The van der Waals surface area contributed by atoms with Crippen LogP contribution in [0.2, 0.25) is 0 Å². The van der Waals surface area contributed by atoms with E-state index in [1.54, 1.807) is 6.20 Å². The van der Waals surface area contributed by atoms with Gasteiger partial charge < -0.3 is 19.1 Å². The zero-order chi connectivity index (χ0) is 28.3. The molecule has 3 heterocycles. The molecule has 212 valence electrons. The van der Waals surface area contributed by atoms with Gasteiger partial charge in [-0.1, -0.05) is 12.1 Å². The number of halogens is 3. The zero-order valence-electron chi connectivity index (χ0n) is 21.7. The molecule has 3 aromatic rings. The molecule has 0 N–H and O–H groups in total. The molecule has 2 aliphatic rings. The number of fused-ring (bicyclic) bond motifs is 1. The maximum atomic E-state index is 12.4. The summed E-state index contributed by atoms with van der Waals surface area (Å²) in [4.78, 5) is 19.6. The quantitative estimate of drug-likeness (QED) is 0.280. The van der Waals surface area contributed by atoms with E-state index in [4.69, 9.17) is 9.47 Å². The van der Waals surface area contributed by atoms with Gasteiger partial charge in [0.2, 0.25) is 0 Å². The summed E-state index contributed by atoms with van der Waals surface area (Å²) in [6.45, 7) is 5.76. The Balaban J connectivity index is 1.11. The molecule has 2 aliphatic heterocycles. The van der Waals surface area contributed by atoms with Crippen LogP contribution in [0.5, 0.6) is 17.5 Å². The third-order valence-electron chi connectivity index (χ3n) is 6.71. The number of nitrogens with zero attached hydrogens (tertiary/aromatic N) is 5. The number of benzene rings is 2. The molecular formula is C27H28F3N5O5. The molecule has 40 heavy (non-hydrogen) atoms. The van der Waals surface area contributed by atoms with Gasteiger partial charge in [0.25, 0.3) is 11.7 Å². The minimum atomic E-state index is -4.79. The molecule has 10 nitrogen and oxygen atoms in total. The Kier molecular flexibility index (Phi) is 7.57. The van der Waals surface area contributed by atoms with Crippen LogP contribution < -0.4 is 19.1 Å². The summed E-state index contributed by atoms with van der Waals surface area (Å²) in [7, 11) is 0. The van der Waals surface area contributed by atoms with Crippen LogP contribution in [0.1, 0.15) is 12.5 Å². The molecule has 0 unspecified atom stereocenters. The number of anilines is 1. The van der Waals surface area contributed by atoms with Gasteiger partial charge in [0.15, 0.2) is 5.60 Å². The Morgan fingerprint density at radius 1 is 1.10 bits per heavy atom. The van der Waals surface area contributed by atoms with Crippen molar-refractivity contribution in [2.24, 2.45) is 0 Å². The molecule has 1 atom stereocenters. The second-order valence-electron chi connectivity index (χ2n) is 9.95. The highest BCUT2D eigenvalue weighted by Gasteiger charge is 2.36. The van der Waals surface area contributed by atoms with Crippen LogP contribution in [-0.4, -0.2) is 70.7 Å². The number of hydrogen-bond donors (Lipinski definition) is 0. The van der Waals surface area contributed by atoms with Gasteiger partial charge in [-0.05, 0) is 48.9 Å². The Morgan fingerprint density at radius 3 is 2.40 bits per heavy atom. The second kappa shape index (κ2) is 11.1. The van der Waals surface area contributed by atoms with Gasteiger partial charge in [-0.25, -0.2) is 4.98 Å². The van der Waals surface area contributed by atoms with Gasteiger partial charge in [-0.15, -0.1) is 13.2 Å². The zero-order valence-corrected chi connectivity index (χ0v) is 21.7. The molecule has 1 saturated heterocycles. The highest BCUT2D eigenvalue weighted by Crippen LogP contribution is 2.29. The number of ether oxygens (including phenoxy) is 3. The molecule has 0 spiro atoms. The predicted molar refractivity (Wildman–Crippen MR) is 140 cm³/mol. The monoisotopic (exact) mass is 559 g/mol. The number of nitro groups is 1. The number of piperazine rings is 1. The molecule has 0 aliphatic carbocycles. The summed E-state index contributed by atoms with van der Waals surface area (Å²) in [5, 5.41) is 11.7. The van der Waals surface area contributed by atoms with Crippen molar-refractivity contribution in [1.29, 1.82) is 0 Å². The third-order valence-corrected chi connectivity index (χ3v) is 6.71. The van der Waals surface area contributed by atoms with Crippen LogP contribution in [0, 0.1) is 10.1 Å². The van der Waals surface area contributed by atoms with Gasteiger partial charge in [-0.2, -0.15) is 0 Å². The summed E-state index contributed by atoms with van der Waals surface area (Å²) in [6, 6.07) is 13.4. The van der Waals surface area contributed by atoms with E-state index in [1.807, 2.05) is 46.9 Å². The van der Waals surface area contributed by atoms with Gasteiger partial charge in [0.1, 0.15) is 18.1 Å². The molecular weight excluding hydrogens is 531 g/mol. The maximum Gasteiger partial charge on any atom is 0.573 e. The van der Waals surface area contributed by atoms with Crippen molar-refractivity contribution in [2.45, 2.75) is 25.4 Å². The van der Waals surface area contributed by atoms with Crippen molar-refractivity contribution < 1.29 is 32.3 Å². The van der Waals surface area contributed by atoms with Gasteiger partial charge in [0, 0.05) is 50.3 Å². The molecule has 13 heteroatoms. The van der Waals surface area contributed by atoms with Crippen LogP contribution >= 0.6 is 0 Å². The lowest BCUT2D eigenvalue weighted by Gasteiger charge is -2.35. The first-order valence-electron chi connectivity index (χ1n) is 12.7. The van der Waals surface area contributed by atoms with Crippen LogP contribution in [-0.2, 0) is 6.54 Å². The van der Waals surface area contributed by atoms with E-state index in [2.05, 4.69) is 14.6 Å². The van der Waals surface area contributed by atoms with E-state index in [0.717, 1.165) is 23.6 Å². The Hall–Kier alpha value is -4.26. The van der Waals surface area contributed by atoms with E-state index in [1.165, 1.54) is 18.2 Å². The summed E-state index contributed by atoms with van der Waals surface area (Å²) in [6.07, 6.45) is 0.155. The van der Waals surface area contributed by atoms with Crippen molar-refractivity contribution >= 4 is 11.8 Å². The largest absolute Gasteiger partial charge is 0.573 e. The highest BCUT2D eigenvalue weighted by molar-refractivity contribution is 5.53. The predicted octanol–water partition coefficient (Wildman–Crippen LogP) is 4.45. The van der Waals surface area contributed by atoms with Gasteiger partial charge >= 0.3 is 6.36 Å². The molecule has 0 radical (unpaired) electrons. The molecule has 5 rings (SSSR count). The Bertz CT molecular complexity index is 1330. The number of aromatic nitrogens is 2. The molecule has 1 aromatic heterocycles. The van der Waals surface area contributed by atoms with Crippen molar-refractivity contribution in [1.82, 2.24) is 14.5 Å². The maximum absolute atomic E-state index is 12.4. The fourth-order valence-corrected chi connectivity index (χ4v) is 4.71. The minimum absolute atomic E-state index is 0.0390. The summed E-state index contributed by atoms with van der Waals surface area (Å²) < 4.78 is 54.7. The average Bonchev–Trinajstić information content (AvgIpc) is 3.47. The molecule has 2 aromatic carbocycles. The highest BCUT2D eigenvalue weighted by atomic mass is 19.4. The molecule has 1 fully saturated rings. The van der Waals surface area contributed by atoms with Crippen molar-refractivity contribution in [3.05, 3.63) is 82.3 Å². The normalized spacial score (nSPS) is 19.7. The summed E-state index contributed by atoms with van der Waals surface area (Å²) in [5.74, 6) is 0.351. The lowest BCUT2D eigenvalue weighted by atomic mass is 10.1. The van der Waals surface area contributed by atoms with Gasteiger partial charge in [0.05, 0.1) is 18.0 Å². The van der Waals surface area contributed by atoms with E-state index in [9.17, 15) is 23.3 Å². The van der Waals surface area contributed by atoms with E-state index < -0.39 is 16.9 Å². The van der Waals surface area contributed by atoms with Crippen LogP contribution in [0.4, 0.5) is 18.9 Å². The topological polar surface area (TPSA) is 95.1 Å². The number of rotatable bonds is 9. The molecule has 0 bridgehead atoms. The number of alkyl halides is 3. The first-order valence-corrected chi connectivity index (χ1v) is 12.7. The number of imidazole rings is 1. The van der Waals surface area contributed by atoms with Crippen LogP contribution in [0.25, 0.3) is 6.08 Å². The fraction of sp³-hybridized carbons (Fsp3) is 0.370. The SMILES string of the molecule is C[C@]1(COc2ccc(N3CCN(CC(=Cc4ccc(OC(F)(F)F)cc4)[N+](=O)[O-])CC3)cc2)Cn2ccnc2O1. The first-order chi connectivity index (χ1) is 19.1. The third kappa shape index (κ3) is 6.84. The lowest BCUT2D eigenvalue weighted by Crippen LogP contribution is -2.47. The minimum Gasteiger partial charge on any atom is -0.489 e. The van der Waals surface area contributed by atoms with Crippen LogP contribution in [0.3, 0.4) is 0 Å². The number of hydrogen-bond acceptors (Lipinski definition) is 8.